The molecule has 0 bridgehead atoms. The van der Waals surface area contributed by atoms with Gasteiger partial charge in [0.1, 0.15) is 23.5 Å². The normalized spacial score (nSPS) is 19.4. The van der Waals surface area contributed by atoms with Crippen LogP contribution in [-0.4, -0.2) is 87.3 Å². The maximum absolute atomic E-state index is 13.7. The van der Waals surface area contributed by atoms with E-state index in [0.29, 0.717) is 18.7 Å². The number of benzene rings is 2. The molecule has 6 rings (SSSR count). The van der Waals surface area contributed by atoms with Crippen molar-refractivity contribution in [1.29, 1.82) is 0 Å². The highest BCUT2D eigenvalue weighted by Crippen LogP contribution is 2.33. The Morgan fingerprint density at radius 3 is 1.73 bits per heavy atom. The van der Waals surface area contributed by atoms with Gasteiger partial charge in [0, 0.05) is 31.5 Å². The Bertz CT molecular complexity index is 1940. The first-order valence-corrected chi connectivity index (χ1v) is 18.4. The fourth-order valence-corrected chi connectivity index (χ4v) is 6.85. The van der Waals surface area contributed by atoms with E-state index in [-0.39, 0.29) is 53.9 Å². The molecule has 4 aliphatic heterocycles. The summed E-state index contributed by atoms with van der Waals surface area (Å²) in [5.74, 6) is -5.68. The van der Waals surface area contributed by atoms with Crippen molar-refractivity contribution in [2.24, 2.45) is 0 Å². The molecule has 16 heteroatoms. The van der Waals surface area contributed by atoms with E-state index < -0.39 is 70.8 Å². The highest BCUT2D eigenvalue weighted by molar-refractivity contribution is 6.26. The number of piperidine rings is 2. The van der Waals surface area contributed by atoms with Crippen LogP contribution in [0.5, 0.6) is 0 Å². The summed E-state index contributed by atoms with van der Waals surface area (Å²) in [5, 5.41) is 7.54. The van der Waals surface area contributed by atoms with Crippen molar-refractivity contribution in [3.05, 3.63) is 64.5 Å². The molecule has 2 aromatic rings. The van der Waals surface area contributed by atoms with Gasteiger partial charge in [0.25, 0.3) is 23.6 Å². The van der Waals surface area contributed by atoms with E-state index >= 15 is 0 Å². The smallest absolute Gasteiger partial charge is 0.306 e. The number of esters is 1. The zero-order valence-corrected chi connectivity index (χ0v) is 31.0. The van der Waals surface area contributed by atoms with Gasteiger partial charge in [-0.3, -0.25) is 63.6 Å². The number of ether oxygens (including phenoxy) is 1. The number of imide groups is 4. The number of rotatable bonds is 12. The number of carbonyl (C=O) groups excluding carboxylic acids is 9. The first-order chi connectivity index (χ1) is 26.1. The Kier molecular flexibility index (Phi) is 12.6. The monoisotopic (exact) mass is 761 g/mol. The van der Waals surface area contributed by atoms with E-state index in [1.165, 1.54) is 12.1 Å². The van der Waals surface area contributed by atoms with Crippen LogP contribution in [0.3, 0.4) is 0 Å². The van der Waals surface area contributed by atoms with Crippen LogP contribution >= 0.6 is 0 Å². The van der Waals surface area contributed by atoms with Gasteiger partial charge in [-0.2, -0.15) is 0 Å². The highest BCUT2D eigenvalue weighted by atomic mass is 19.1. The van der Waals surface area contributed by atoms with E-state index in [2.05, 4.69) is 16.0 Å². The molecule has 2 atom stereocenters. The third-order valence-electron chi connectivity index (χ3n) is 9.43. The Balaban J connectivity index is 0.000000244. The van der Waals surface area contributed by atoms with Gasteiger partial charge in [0.15, 0.2) is 0 Å². The average Bonchev–Trinajstić information content (AvgIpc) is 3.52. The highest BCUT2D eigenvalue weighted by Gasteiger charge is 2.47. The van der Waals surface area contributed by atoms with Crippen LogP contribution in [0, 0.1) is 5.82 Å². The minimum atomic E-state index is -1.07. The fourth-order valence-electron chi connectivity index (χ4n) is 6.85. The van der Waals surface area contributed by atoms with Crippen molar-refractivity contribution in [1.82, 2.24) is 20.4 Å². The van der Waals surface area contributed by atoms with Crippen LogP contribution in [0.2, 0.25) is 0 Å². The van der Waals surface area contributed by atoms with Crippen LogP contribution in [0.15, 0.2) is 36.4 Å². The molecule has 8 amide bonds. The number of carbonyl (C=O) groups is 9. The van der Waals surface area contributed by atoms with E-state index in [1.807, 2.05) is 20.8 Å². The minimum absolute atomic E-state index is 0.0340. The molecule has 2 fully saturated rings. The van der Waals surface area contributed by atoms with Crippen LogP contribution in [-0.2, 0) is 28.7 Å². The third kappa shape index (κ3) is 9.30. The Labute approximate surface area is 316 Å². The number of nitrogens with one attached hydrogen (secondary N) is 3. The lowest BCUT2D eigenvalue weighted by Crippen LogP contribution is -2.54. The Morgan fingerprint density at radius 1 is 0.709 bits per heavy atom. The summed E-state index contributed by atoms with van der Waals surface area (Å²) in [4.78, 5) is 110. The van der Waals surface area contributed by atoms with Gasteiger partial charge < -0.3 is 10.1 Å². The molecule has 3 N–H and O–H groups in total. The van der Waals surface area contributed by atoms with Gasteiger partial charge >= 0.3 is 5.97 Å². The molecular formula is C39H44FN5O10. The van der Waals surface area contributed by atoms with Gasteiger partial charge in [-0.05, 0) is 70.7 Å². The average molecular weight is 762 g/mol. The number of nitrogens with zero attached hydrogens (tertiary/aromatic N) is 2. The quantitative estimate of drug-likeness (QED) is 0.161. The molecule has 4 heterocycles. The SMILES string of the molecule is CC(C)(C)OC(=O)CCCCCCCCNc1cccc2c1C(=O)N(C1CCC(=O)NC1=O)C2=O.O=C1CCC(N2C(=O)c3cccc(F)c3C2=O)C(=O)N1. The fraction of sp³-hybridized carbons (Fsp3) is 0.462. The summed E-state index contributed by atoms with van der Waals surface area (Å²) in [7, 11) is 0. The maximum atomic E-state index is 13.7. The number of unbranched alkanes of at least 4 members (excludes halogenated alkanes) is 5. The molecule has 4 aliphatic rings. The van der Waals surface area contributed by atoms with Crippen molar-refractivity contribution >= 4 is 58.9 Å². The summed E-state index contributed by atoms with van der Waals surface area (Å²) in [5.41, 5.74) is 0.318. The van der Waals surface area contributed by atoms with Gasteiger partial charge in [-0.1, -0.05) is 37.8 Å². The van der Waals surface area contributed by atoms with Crippen LogP contribution in [0.25, 0.3) is 0 Å². The van der Waals surface area contributed by atoms with Crippen molar-refractivity contribution in [2.75, 3.05) is 11.9 Å². The van der Waals surface area contributed by atoms with Crippen LogP contribution in [0.1, 0.15) is 133 Å². The topological polar surface area (TPSA) is 205 Å². The zero-order valence-electron chi connectivity index (χ0n) is 31.0. The molecule has 2 aromatic carbocycles. The zero-order chi connectivity index (χ0) is 40.0. The van der Waals surface area contributed by atoms with Crippen molar-refractivity contribution in [2.45, 2.75) is 109 Å². The van der Waals surface area contributed by atoms with Gasteiger partial charge in [-0.15, -0.1) is 0 Å². The van der Waals surface area contributed by atoms with Crippen LogP contribution < -0.4 is 16.0 Å². The molecule has 0 aliphatic carbocycles. The first kappa shape index (κ1) is 40.4. The standard InChI is InChI=1S/C26H35N3O6.C13H9FN2O4/c1-26(2,3)35-21(31)13-8-6-4-5-7-9-16-27-18-12-10-11-17-22(18)25(34)29(24(17)33)19-14-15-20(30)28-23(19)32;14-7-3-1-2-6-10(7)13(20)16(12(6)19)8-4-5-9(17)15-11(8)18/h10-12,19,27H,4-9,13-16H2,1-3H3,(H,28,30,32);1-3,8H,4-5H2,(H,15,17,18). The predicted octanol–water partition coefficient (Wildman–Crippen LogP) is 3.80. The summed E-state index contributed by atoms with van der Waals surface area (Å²) >= 11 is 0. The molecule has 2 saturated heterocycles. The lowest BCUT2D eigenvalue weighted by Gasteiger charge is -2.27. The van der Waals surface area contributed by atoms with Crippen LogP contribution in [0.4, 0.5) is 10.1 Å². The number of amides is 8. The molecular weight excluding hydrogens is 717 g/mol. The Morgan fingerprint density at radius 2 is 1.20 bits per heavy atom. The lowest BCUT2D eigenvalue weighted by molar-refractivity contribution is -0.155. The van der Waals surface area contributed by atoms with Gasteiger partial charge in [0.2, 0.25) is 23.6 Å². The third-order valence-corrected chi connectivity index (χ3v) is 9.43. The molecule has 0 spiro atoms. The van der Waals surface area contributed by atoms with Crippen molar-refractivity contribution in [3.63, 3.8) is 0 Å². The largest absolute Gasteiger partial charge is 0.460 e. The predicted molar refractivity (Wildman–Crippen MR) is 193 cm³/mol. The molecule has 292 valence electrons. The summed E-state index contributed by atoms with van der Waals surface area (Å²) in [6.07, 6.45) is 6.55. The molecule has 55 heavy (non-hydrogen) atoms. The van der Waals surface area contributed by atoms with E-state index in [1.54, 1.807) is 18.2 Å². The van der Waals surface area contributed by atoms with E-state index in [9.17, 15) is 47.5 Å². The second kappa shape index (κ2) is 17.1. The Hall–Kier alpha value is -5.80. The maximum Gasteiger partial charge on any atom is 0.306 e. The number of hydrogen-bond acceptors (Lipinski definition) is 11. The number of halogens is 1. The number of anilines is 1. The second-order valence-corrected chi connectivity index (χ2v) is 14.7. The first-order valence-electron chi connectivity index (χ1n) is 18.4. The summed E-state index contributed by atoms with van der Waals surface area (Å²) in [6, 6.07) is 6.77. The summed E-state index contributed by atoms with van der Waals surface area (Å²) in [6.45, 7) is 6.24. The van der Waals surface area contributed by atoms with Gasteiger partial charge in [0.05, 0.1) is 22.3 Å². The van der Waals surface area contributed by atoms with Crippen molar-refractivity contribution < 1.29 is 52.3 Å². The molecule has 2 unspecified atom stereocenters. The molecule has 0 saturated carbocycles. The molecule has 0 radical (unpaired) electrons. The second-order valence-electron chi connectivity index (χ2n) is 14.7. The van der Waals surface area contributed by atoms with E-state index in [4.69, 9.17) is 4.74 Å². The number of hydrogen-bond donors (Lipinski definition) is 3. The molecule has 15 nitrogen and oxygen atoms in total. The number of fused-ring (bicyclic) bond motifs is 2. The molecule has 0 aromatic heterocycles. The van der Waals surface area contributed by atoms with E-state index in [0.717, 1.165) is 54.4 Å². The summed E-state index contributed by atoms with van der Waals surface area (Å²) < 4.78 is 19.0. The van der Waals surface area contributed by atoms with Crippen molar-refractivity contribution in [3.8, 4) is 0 Å². The van der Waals surface area contributed by atoms with Gasteiger partial charge in [-0.25, -0.2) is 4.39 Å². The lowest BCUT2D eigenvalue weighted by atomic mass is 10.0. The minimum Gasteiger partial charge on any atom is -0.460 e.